The fourth-order valence-electron chi connectivity index (χ4n) is 5.88. The second-order valence-electron chi connectivity index (χ2n) is 12.6. The average Bonchev–Trinajstić information content (AvgIpc) is 3.36. The van der Waals surface area contributed by atoms with Crippen LogP contribution >= 0.6 is 41.5 Å². The molecular formula is C52H43BrClN2O3P2Ru. The van der Waals surface area contributed by atoms with Gasteiger partial charge < -0.3 is 9.84 Å². The van der Waals surface area contributed by atoms with Crippen molar-refractivity contribution < 1.29 is 31.8 Å². The summed E-state index contributed by atoms with van der Waals surface area (Å²) in [5, 5.41) is 25.8. The summed E-state index contributed by atoms with van der Waals surface area (Å²) >= 11 is 5.23. The molecule has 0 saturated heterocycles. The molecule has 0 saturated carbocycles. The molecule has 62 heavy (non-hydrogen) atoms. The molecule has 0 unspecified atom stereocenters. The minimum atomic E-state index is -0.446. The molecule has 8 aromatic rings. The number of aliphatic hydroxyl groups excluding tert-OH is 1. The molecule has 1 N–H and O–H groups in total. The van der Waals surface area contributed by atoms with E-state index in [1.165, 1.54) is 31.8 Å². The van der Waals surface area contributed by atoms with Gasteiger partial charge in [-0.2, -0.15) is 5.10 Å². The summed E-state index contributed by atoms with van der Waals surface area (Å²) in [7, 11) is 5.27. The molecule has 8 aromatic carbocycles. The van der Waals surface area contributed by atoms with Gasteiger partial charge >= 0.3 is 38.3 Å². The summed E-state index contributed by atoms with van der Waals surface area (Å²) in [6.07, 6.45) is 1.57. The number of hydrogen-bond donors (Lipinski definition) is 1. The summed E-state index contributed by atoms with van der Waals surface area (Å²) in [6, 6.07) is 79.2. The number of rotatable bonds is 10. The van der Waals surface area contributed by atoms with Crippen LogP contribution in [0.5, 0.6) is 5.75 Å². The number of methoxy groups -OCH3 is 1. The Kier molecular flexibility index (Phi) is 23.1. The molecule has 0 bridgehead atoms. The van der Waals surface area contributed by atoms with E-state index in [0.717, 1.165) is 15.8 Å². The molecule has 0 aliphatic carbocycles. The summed E-state index contributed by atoms with van der Waals surface area (Å²) in [6.45, 7) is 4.50. The van der Waals surface area contributed by atoms with Gasteiger partial charge in [0.05, 0.1) is 13.3 Å². The number of hydrogen-bond acceptors (Lipinski definition) is 3. The monoisotopic (exact) mass is 1020 g/mol. The van der Waals surface area contributed by atoms with Crippen molar-refractivity contribution in [1.29, 1.82) is 0 Å². The molecule has 0 spiro atoms. The predicted molar refractivity (Wildman–Crippen MR) is 264 cm³/mol. The Morgan fingerprint density at radius 2 is 0.806 bits per heavy atom. The van der Waals surface area contributed by atoms with Gasteiger partial charge in [-0.15, -0.1) is 5.10 Å². The molecule has 311 valence electrons. The molecule has 10 heteroatoms. The summed E-state index contributed by atoms with van der Waals surface area (Å²) < 4.78 is 13.5. The maximum atomic E-state index is 9.82. The van der Waals surface area contributed by atoms with Crippen LogP contribution in [0.3, 0.4) is 0 Å². The van der Waals surface area contributed by atoms with Gasteiger partial charge in [0, 0.05) is 15.6 Å². The van der Waals surface area contributed by atoms with Crippen molar-refractivity contribution in [2.45, 2.75) is 0 Å². The Balaban J connectivity index is 0.000000196. The van der Waals surface area contributed by atoms with Crippen molar-refractivity contribution in [2.75, 3.05) is 7.11 Å². The third kappa shape index (κ3) is 15.9. The quantitative estimate of drug-likeness (QED) is 0.0282. The third-order valence-corrected chi connectivity index (χ3v) is 14.3. The number of aliphatic hydroxyl groups is 1. The first-order valence-electron chi connectivity index (χ1n) is 19.0. The fraction of sp³-hybridized carbons (Fsp3) is 0.0192. The van der Waals surface area contributed by atoms with Crippen LogP contribution in [0.4, 0.5) is 0 Å². The number of ether oxygens (including phenoxy) is 1. The van der Waals surface area contributed by atoms with E-state index in [9.17, 15) is 5.11 Å². The van der Waals surface area contributed by atoms with Crippen molar-refractivity contribution >= 4 is 85.4 Å². The zero-order valence-corrected chi connectivity index (χ0v) is 39.5. The van der Waals surface area contributed by atoms with Gasteiger partial charge in [0.15, 0.2) is 0 Å². The smallest absolute Gasteiger partial charge is 0.0134 e. The van der Waals surface area contributed by atoms with Crippen LogP contribution in [0.2, 0.25) is 0 Å². The molecule has 0 amide bonds. The normalized spacial score (nSPS) is 10.4. The molecule has 0 heterocycles. The third-order valence-electron chi connectivity index (χ3n) is 8.69. The van der Waals surface area contributed by atoms with E-state index < -0.39 is 15.8 Å². The zero-order chi connectivity index (χ0) is 44.2. The summed E-state index contributed by atoms with van der Waals surface area (Å²) in [5.41, 5.74) is 1.47. The zero-order valence-electron chi connectivity index (χ0n) is 33.7. The van der Waals surface area contributed by atoms with Gasteiger partial charge in [-0.1, -0.05) is 216 Å². The Morgan fingerprint density at radius 1 is 0.516 bits per heavy atom. The van der Waals surface area contributed by atoms with Crippen LogP contribution in [0, 0.1) is 6.65 Å². The maximum absolute atomic E-state index is 9.82. The van der Waals surface area contributed by atoms with E-state index in [0.29, 0.717) is 5.56 Å². The van der Waals surface area contributed by atoms with Crippen LogP contribution < -0.4 is 36.6 Å². The average molecular weight is 1020 g/mol. The number of benzene rings is 8. The summed E-state index contributed by atoms with van der Waals surface area (Å²) in [5.74, 6) is 0.578. The second-order valence-corrected chi connectivity index (χ2v) is 17.9. The van der Waals surface area contributed by atoms with Crippen molar-refractivity contribution in [1.82, 2.24) is 0 Å². The molecule has 0 aromatic heterocycles. The molecule has 8 rings (SSSR count). The number of halogens is 2. The molecule has 0 aliphatic heterocycles. The van der Waals surface area contributed by atoms with Crippen LogP contribution in [-0.2, 0) is 22.0 Å². The predicted octanol–water partition coefficient (Wildman–Crippen LogP) is 11.3. The van der Waals surface area contributed by atoms with Gasteiger partial charge in [0.1, 0.15) is 5.75 Å². The Bertz CT molecular complexity index is 2200. The topological polar surface area (TPSA) is 74.1 Å². The van der Waals surface area contributed by atoms with Crippen LogP contribution in [-0.4, -0.2) is 24.3 Å². The molecule has 0 atom stereocenters. The first kappa shape index (κ1) is 49.3. The van der Waals surface area contributed by atoms with Gasteiger partial charge in [-0.3, -0.25) is 0 Å². The van der Waals surface area contributed by atoms with E-state index in [-0.39, 0.29) is 5.90 Å². The first-order valence-corrected chi connectivity index (χ1v) is 24.8. The number of nitrogens with zero attached hydrogens (tertiary/aromatic N) is 2. The van der Waals surface area contributed by atoms with E-state index in [1.54, 1.807) is 37.6 Å². The fourth-order valence-corrected chi connectivity index (χ4v) is 10.9. The van der Waals surface area contributed by atoms with Gasteiger partial charge in [-0.05, 0) is 78.0 Å². The minimum absolute atomic E-state index is 0.143. The SMILES string of the molecule is COc1ccc(/C(O)=N/N=C/c2ccccc2Br)cc1.[C-]#[O+].[Cl][Ru].c1ccc(P(c2ccccc2)c2ccccc2)cc1.c1ccc(P(c2ccccc2)c2ccccc2)cc1. The van der Waals surface area contributed by atoms with Crippen molar-refractivity contribution in [3.63, 3.8) is 0 Å². The largest absolute Gasteiger partial charge is 0.0622 e. The van der Waals surface area contributed by atoms with E-state index >= 15 is 0 Å². The van der Waals surface area contributed by atoms with Crippen molar-refractivity contribution in [3.8, 4) is 5.75 Å². The minimum Gasteiger partial charge on any atom is -0.0622 e. The molecule has 0 fully saturated rings. The maximum Gasteiger partial charge on any atom is -0.0134 e. The van der Waals surface area contributed by atoms with E-state index in [4.69, 9.17) is 9.39 Å². The molecule has 0 aliphatic rings. The van der Waals surface area contributed by atoms with E-state index in [1.807, 2.05) is 41.6 Å². The van der Waals surface area contributed by atoms with Crippen LogP contribution in [0.15, 0.2) is 245 Å². The van der Waals surface area contributed by atoms with Gasteiger partial charge in [0.25, 0.3) is 0 Å². The van der Waals surface area contributed by atoms with Crippen LogP contribution in [0.25, 0.3) is 0 Å². The molecular weight excluding hydrogens is 979 g/mol. The van der Waals surface area contributed by atoms with Gasteiger partial charge in [0.2, 0.25) is 5.90 Å². The molecule has 5 nitrogen and oxygen atoms in total. The van der Waals surface area contributed by atoms with Crippen LogP contribution in [0.1, 0.15) is 11.1 Å². The Labute approximate surface area is 390 Å². The van der Waals surface area contributed by atoms with Crippen molar-refractivity contribution in [2.24, 2.45) is 10.2 Å². The molecule has 0 radical (unpaired) electrons. The van der Waals surface area contributed by atoms with Gasteiger partial charge in [-0.25, -0.2) is 0 Å². The Hall–Kier alpha value is -5.31. The standard InChI is InChI=1S/2C18H15P.C15H13BrN2O2.CO.ClH.Ru/c2*1-4-10-16(11-5-1)19(17-12-6-2-7-13-17)18-14-8-3-9-15-18;1-20-13-8-6-11(7-9-13)15(19)18-17-10-12-4-2-3-5-14(12)16;1-2;;/h2*1-15H;2-10H,1H3,(H,18,19);;1H;/q;;;;;+1/p-1/b;;17-10+;;;. The van der Waals surface area contributed by atoms with Crippen molar-refractivity contribution in [3.05, 3.63) is 253 Å². The first-order chi connectivity index (χ1) is 30.6. The summed E-state index contributed by atoms with van der Waals surface area (Å²) in [4.78, 5) is 0. The second kappa shape index (κ2) is 29.1. The Morgan fingerprint density at radius 3 is 1.10 bits per heavy atom. The van der Waals surface area contributed by atoms with E-state index in [2.05, 4.69) is 224 Å².